The number of hydrogen-bond acceptors (Lipinski definition) is 5. The minimum Gasteiger partial charge on any atom is -0.463 e. The molecule has 0 fully saturated rings. The third kappa shape index (κ3) is 3.95. The number of ether oxygens (including phenoxy) is 2. The van der Waals surface area contributed by atoms with Crippen molar-refractivity contribution in [3.05, 3.63) is 59.0 Å². The first-order valence-electron chi connectivity index (χ1n) is 6.47. The summed E-state index contributed by atoms with van der Waals surface area (Å²) in [6, 6.07) is 11.4. The number of carbonyl (C=O) groups is 2. The summed E-state index contributed by atoms with van der Waals surface area (Å²) in [5.41, 5.74) is 1.56. The first-order chi connectivity index (χ1) is 10.1. The average molecular weight is 288 g/mol. The topological polar surface area (TPSA) is 65.7 Å². The molecule has 0 unspecified atom stereocenters. The monoisotopic (exact) mass is 288 g/mol. The summed E-state index contributed by atoms with van der Waals surface area (Å²) < 4.78 is 15.1. The molecule has 5 nitrogen and oxygen atoms in total. The van der Waals surface area contributed by atoms with Gasteiger partial charge in [-0.25, -0.2) is 4.79 Å². The van der Waals surface area contributed by atoms with Crippen molar-refractivity contribution >= 4 is 11.9 Å². The average Bonchev–Trinajstić information content (AvgIpc) is 2.88. The molecule has 0 saturated heterocycles. The van der Waals surface area contributed by atoms with E-state index in [4.69, 9.17) is 9.15 Å². The molecule has 0 saturated carbocycles. The lowest BCUT2D eigenvalue weighted by Crippen LogP contribution is -2.05. The fourth-order valence-corrected chi connectivity index (χ4v) is 1.92. The first kappa shape index (κ1) is 14.8. The van der Waals surface area contributed by atoms with Crippen molar-refractivity contribution in [2.45, 2.75) is 20.0 Å². The Balaban J connectivity index is 2.22. The van der Waals surface area contributed by atoms with Crippen LogP contribution in [0.25, 0.3) is 0 Å². The van der Waals surface area contributed by atoms with Crippen LogP contribution in [0.1, 0.15) is 34.4 Å². The molecule has 0 aliphatic rings. The summed E-state index contributed by atoms with van der Waals surface area (Å²) in [6.07, 6.45) is 0.547. The van der Waals surface area contributed by atoms with Crippen molar-refractivity contribution in [3.63, 3.8) is 0 Å². The van der Waals surface area contributed by atoms with Crippen LogP contribution in [0.15, 0.2) is 40.8 Å². The van der Waals surface area contributed by atoms with E-state index in [-0.39, 0.29) is 12.4 Å². The van der Waals surface area contributed by atoms with Crippen molar-refractivity contribution in [2.75, 3.05) is 7.11 Å². The molecule has 2 rings (SSSR count). The maximum absolute atomic E-state index is 11.7. The van der Waals surface area contributed by atoms with E-state index >= 15 is 0 Å². The Morgan fingerprint density at radius 2 is 1.90 bits per heavy atom. The van der Waals surface area contributed by atoms with Gasteiger partial charge in [-0.1, -0.05) is 30.3 Å². The second-order valence-corrected chi connectivity index (χ2v) is 4.50. The Morgan fingerprint density at radius 1 is 1.19 bits per heavy atom. The first-order valence-corrected chi connectivity index (χ1v) is 6.47. The molecule has 0 aliphatic heterocycles. The largest absolute Gasteiger partial charge is 0.463 e. The van der Waals surface area contributed by atoms with Crippen LogP contribution in [-0.2, 0) is 27.3 Å². The molecule has 1 heterocycles. The third-order valence-electron chi connectivity index (χ3n) is 2.88. The zero-order valence-electron chi connectivity index (χ0n) is 11.9. The van der Waals surface area contributed by atoms with Gasteiger partial charge in [-0.2, -0.15) is 0 Å². The molecule has 0 amide bonds. The molecule has 5 heteroatoms. The summed E-state index contributed by atoms with van der Waals surface area (Å²) in [4.78, 5) is 22.6. The molecule has 0 radical (unpaired) electrons. The molecule has 0 bridgehead atoms. The van der Waals surface area contributed by atoms with E-state index in [1.165, 1.54) is 14.0 Å². The van der Waals surface area contributed by atoms with E-state index < -0.39 is 11.9 Å². The van der Waals surface area contributed by atoms with Gasteiger partial charge in [0.15, 0.2) is 0 Å². The van der Waals surface area contributed by atoms with E-state index in [1.807, 2.05) is 30.3 Å². The summed E-state index contributed by atoms with van der Waals surface area (Å²) >= 11 is 0. The Hall–Kier alpha value is -2.56. The van der Waals surface area contributed by atoms with Crippen molar-refractivity contribution in [3.8, 4) is 0 Å². The van der Waals surface area contributed by atoms with Gasteiger partial charge >= 0.3 is 11.9 Å². The van der Waals surface area contributed by atoms with Gasteiger partial charge in [-0.3, -0.25) is 4.79 Å². The minimum atomic E-state index is -0.587. The van der Waals surface area contributed by atoms with E-state index in [2.05, 4.69) is 4.74 Å². The second-order valence-electron chi connectivity index (χ2n) is 4.50. The molecular formula is C16H16O5. The molecular weight excluding hydrogens is 272 g/mol. The summed E-state index contributed by atoms with van der Waals surface area (Å²) in [5, 5.41) is 0. The zero-order valence-corrected chi connectivity index (χ0v) is 11.9. The van der Waals surface area contributed by atoms with E-state index in [0.29, 0.717) is 17.7 Å². The Bertz CT molecular complexity index is 627. The highest BCUT2D eigenvalue weighted by Gasteiger charge is 2.20. The van der Waals surface area contributed by atoms with Crippen LogP contribution in [-0.4, -0.2) is 19.0 Å². The zero-order chi connectivity index (χ0) is 15.2. The van der Waals surface area contributed by atoms with E-state index in [1.54, 1.807) is 6.07 Å². The molecule has 0 atom stereocenters. The Labute approximate surface area is 122 Å². The number of methoxy groups -OCH3 is 1. The molecule has 21 heavy (non-hydrogen) atoms. The fraction of sp³-hybridized carbons (Fsp3) is 0.250. The lowest BCUT2D eigenvalue weighted by atomic mass is 10.1. The molecule has 110 valence electrons. The predicted molar refractivity (Wildman–Crippen MR) is 74.8 cm³/mol. The van der Waals surface area contributed by atoms with Gasteiger partial charge in [0.1, 0.15) is 12.4 Å². The highest BCUT2D eigenvalue weighted by molar-refractivity contribution is 5.88. The van der Waals surface area contributed by atoms with Crippen molar-refractivity contribution < 1.29 is 23.5 Å². The molecule has 0 N–H and O–H groups in total. The number of rotatable bonds is 5. The predicted octanol–water partition coefficient (Wildman–Crippen LogP) is 2.72. The van der Waals surface area contributed by atoms with E-state index in [9.17, 15) is 9.59 Å². The maximum atomic E-state index is 11.7. The van der Waals surface area contributed by atoms with Gasteiger partial charge in [0.05, 0.1) is 7.11 Å². The van der Waals surface area contributed by atoms with Crippen LogP contribution in [0, 0.1) is 0 Å². The maximum Gasteiger partial charge on any atom is 0.374 e. The molecule has 1 aromatic heterocycles. The van der Waals surface area contributed by atoms with Crippen LogP contribution in [0.5, 0.6) is 0 Å². The Morgan fingerprint density at radius 3 is 2.52 bits per heavy atom. The Kier molecular flexibility index (Phi) is 4.77. The quantitative estimate of drug-likeness (QED) is 0.791. The smallest absolute Gasteiger partial charge is 0.374 e. The number of furan rings is 1. The third-order valence-corrected chi connectivity index (χ3v) is 2.88. The molecule has 1 aromatic carbocycles. The van der Waals surface area contributed by atoms with Crippen LogP contribution in [0.4, 0.5) is 0 Å². The minimum absolute atomic E-state index is 0.0158. The summed E-state index contributed by atoms with van der Waals surface area (Å²) in [7, 11) is 1.28. The molecule has 2 aromatic rings. The molecule has 0 aliphatic carbocycles. The number of carbonyl (C=O) groups excluding carboxylic acids is 2. The molecule has 0 spiro atoms. The summed E-state index contributed by atoms with van der Waals surface area (Å²) in [6.45, 7) is 1.29. The highest BCUT2D eigenvalue weighted by atomic mass is 16.5. The van der Waals surface area contributed by atoms with Gasteiger partial charge in [-0.05, 0) is 11.6 Å². The standard InChI is InChI=1S/C16H16O5/c1-11(17)20-10-13-9-14(21-15(13)16(18)19-2)8-12-6-4-3-5-7-12/h3-7,9H,8,10H2,1-2H3. The van der Waals surface area contributed by atoms with Gasteiger partial charge in [-0.15, -0.1) is 0 Å². The van der Waals surface area contributed by atoms with Gasteiger partial charge < -0.3 is 13.9 Å². The van der Waals surface area contributed by atoms with E-state index in [0.717, 1.165) is 5.56 Å². The fourth-order valence-electron chi connectivity index (χ4n) is 1.92. The van der Waals surface area contributed by atoms with Crippen molar-refractivity contribution in [2.24, 2.45) is 0 Å². The highest BCUT2D eigenvalue weighted by Crippen LogP contribution is 2.20. The lowest BCUT2D eigenvalue weighted by Gasteiger charge is -2.01. The summed E-state index contributed by atoms with van der Waals surface area (Å²) in [5.74, 6) is -0.318. The van der Waals surface area contributed by atoms with Crippen LogP contribution >= 0.6 is 0 Å². The van der Waals surface area contributed by atoms with Gasteiger partial charge in [0.25, 0.3) is 0 Å². The van der Waals surface area contributed by atoms with Crippen LogP contribution in [0.3, 0.4) is 0 Å². The normalized spacial score (nSPS) is 10.2. The second kappa shape index (κ2) is 6.74. The number of benzene rings is 1. The van der Waals surface area contributed by atoms with Gasteiger partial charge in [0, 0.05) is 18.9 Å². The van der Waals surface area contributed by atoms with Crippen LogP contribution < -0.4 is 0 Å². The number of hydrogen-bond donors (Lipinski definition) is 0. The van der Waals surface area contributed by atoms with Crippen molar-refractivity contribution in [1.29, 1.82) is 0 Å². The van der Waals surface area contributed by atoms with Gasteiger partial charge in [0.2, 0.25) is 5.76 Å². The number of esters is 2. The SMILES string of the molecule is COC(=O)c1oc(Cc2ccccc2)cc1COC(C)=O. The van der Waals surface area contributed by atoms with Crippen molar-refractivity contribution in [1.82, 2.24) is 0 Å². The lowest BCUT2D eigenvalue weighted by molar-refractivity contribution is -0.142. The van der Waals surface area contributed by atoms with Crippen LogP contribution in [0.2, 0.25) is 0 Å².